The predicted molar refractivity (Wildman–Crippen MR) is 101 cm³/mol. The SMILES string of the molecule is COCCCN(Cc1ccc(F)cc1)CC(O)COc1ccccc1C. The number of aliphatic hydroxyl groups is 1. The van der Waals surface area contributed by atoms with Gasteiger partial charge in [0.05, 0.1) is 0 Å². The molecule has 0 radical (unpaired) electrons. The maximum Gasteiger partial charge on any atom is 0.123 e. The van der Waals surface area contributed by atoms with Crippen molar-refractivity contribution >= 4 is 0 Å². The Balaban J connectivity index is 1.89. The maximum atomic E-state index is 13.1. The van der Waals surface area contributed by atoms with E-state index in [0.717, 1.165) is 29.8 Å². The minimum Gasteiger partial charge on any atom is -0.491 e. The highest BCUT2D eigenvalue weighted by atomic mass is 19.1. The van der Waals surface area contributed by atoms with Crippen LogP contribution in [0.1, 0.15) is 17.5 Å². The third-order valence-corrected chi connectivity index (χ3v) is 4.14. The van der Waals surface area contributed by atoms with Crippen LogP contribution in [0.3, 0.4) is 0 Å². The van der Waals surface area contributed by atoms with Crippen molar-refractivity contribution in [2.24, 2.45) is 0 Å². The second-order valence-electron chi connectivity index (χ2n) is 6.44. The normalized spacial score (nSPS) is 12.3. The highest BCUT2D eigenvalue weighted by molar-refractivity contribution is 5.31. The third kappa shape index (κ3) is 7.12. The Morgan fingerprint density at radius 1 is 1.12 bits per heavy atom. The van der Waals surface area contributed by atoms with Gasteiger partial charge in [0.2, 0.25) is 0 Å². The summed E-state index contributed by atoms with van der Waals surface area (Å²) < 4.78 is 23.9. The van der Waals surface area contributed by atoms with Gasteiger partial charge in [0.15, 0.2) is 0 Å². The average Bonchev–Trinajstić information content (AvgIpc) is 2.63. The number of methoxy groups -OCH3 is 1. The minimum atomic E-state index is -0.613. The number of hydrogen-bond acceptors (Lipinski definition) is 4. The summed E-state index contributed by atoms with van der Waals surface area (Å²) >= 11 is 0. The Kier molecular flexibility index (Phi) is 8.54. The van der Waals surface area contributed by atoms with E-state index in [1.54, 1.807) is 19.2 Å². The van der Waals surface area contributed by atoms with E-state index in [1.165, 1.54) is 12.1 Å². The molecule has 0 amide bonds. The summed E-state index contributed by atoms with van der Waals surface area (Å²) in [6.07, 6.45) is 0.251. The van der Waals surface area contributed by atoms with Crippen molar-refractivity contribution in [3.63, 3.8) is 0 Å². The number of nitrogens with zero attached hydrogens (tertiary/aromatic N) is 1. The molecule has 2 aromatic carbocycles. The van der Waals surface area contributed by atoms with Gasteiger partial charge in [-0.25, -0.2) is 4.39 Å². The van der Waals surface area contributed by atoms with E-state index in [-0.39, 0.29) is 12.4 Å². The zero-order chi connectivity index (χ0) is 18.8. The van der Waals surface area contributed by atoms with Gasteiger partial charge in [-0.3, -0.25) is 4.90 Å². The summed E-state index contributed by atoms with van der Waals surface area (Å²) in [6, 6.07) is 14.2. The first-order valence-electron chi connectivity index (χ1n) is 8.90. The van der Waals surface area contributed by atoms with Gasteiger partial charge in [-0.15, -0.1) is 0 Å². The van der Waals surface area contributed by atoms with Gasteiger partial charge in [-0.2, -0.15) is 0 Å². The second-order valence-corrected chi connectivity index (χ2v) is 6.44. The molecule has 1 N–H and O–H groups in total. The van der Waals surface area contributed by atoms with Crippen molar-refractivity contribution in [2.45, 2.75) is 26.0 Å². The largest absolute Gasteiger partial charge is 0.491 e. The highest BCUT2D eigenvalue weighted by Crippen LogP contribution is 2.16. The molecule has 0 spiro atoms. The van der Waals surface area contributed by atoms with Crippen LogP contribution in [0.5, 0.6) is 5.75 Å². The van der Waals surface area contributed by atoms with Gasteiger partial charge in [-0.05, 0) is 42.7 Å². The topological polar surface area (TPSA) is 41.9 Å². The van der Waals surface area contributed by atoms with Crippen LogP contribution in [-0.4, -0.2) is 49.5 Å². The summed E-state index contributed by atoms with van der Waals surface area (Å²) in [5.74, 6) is 0.544. The number of rotatable bonds is 11. The predicted octanol–water partition coefficient (Wildman–Crippen LogP) is 3.41. The van der Waals surface area contributed by atoms with E-state index in [4.69, 9.17) is 9.47 Å². The molecule has 0 aliphatic carbocycles. The molecular formula is C21H28FNO3. The molecule has 26 heavy (non-hydrogen) atoms. The molecule has 142 valence electrons. The van der Waals surface area contributed by atoms with Crippen LogP contribution in [0, 0.1) is 12.7 Å². The fourth-order valence-corrected chi connectivity index (χ4v) is 2.77. The Morgan fingerprint density at radius 3 is 2.54 bits per heavy atom. The molecule has 0 fully saturated rings. The molecule has 2 rings (SSSR count). The number of benzene rings is 2. The van der Waals surface area contributed by atoms with Gasteiger partial charge < -0.3 is 14.6 Å². The monoisotopic (exact) mass is 361 g/mol. The van der Waals surface area contributed by atoms with Gasteiger partial charge in [0.25, 0.3) is 0 Å². The molecule has 0 bridgehead atoms. The van der Waals surface area contributed by atoms with Crippen LogP contribution in [0.4, 0.5) is 4.39 Å². The van der Waals surface area contributed by atoms with E-state index in [2.05, 4.69) is 4.90 Å². The van der Waals surface area contributed by atoms with Crippen molar-refractivity contribution < 1.29 is 19.0 Å². The van der Waals surface area contributed by atoms with Crippen LogP contribution < -0.4 is 4.74 Å². The number of aliphatic hydroxyl groups excluding tert-OH is 1. The lowest BCUT2D eigenvalue weighted by molar-refractivity contribution is 0.0615. The number of hydrogen-bond donors (Lipinski definition) is 1. The summed E-state index contributed by atoms with van der Waals surface area (Å²) in [4.78, 5) is 2.14. The second kappa shape index (κ2) is 10.9. The van der Waals surface area contributed by atoms with Crippen molar-refractivity contribution in [2.75, 3.05) is 33.4 Å². The fraction of sp³-hybridized carbons (Fsp3) is 0.429. The molecule has 5 heteroatoms. The van der Waals surface area contributed by atoms with E-state index in [1.807, 2.05) is 31.2 Å². The molecule has 1 atom stereocenters. The number of halogens is 1. The van der Waals surface area contributed by atoms with Gasteiger partial charge in [-0.1, -0.05) is 30.3 Å². The summed E-state index contributed by atoms with van der Waals surface area (Å²) in [7, 11) is 1.68. The average molecular weight is 361 g/mol. The lowest BCUT2D eigenvalue weighted by Crippen LogP contribution is -2.36. The zero-order valence-corrected chi connectivity index (χ0v) is 15.5. The molecule has 0 aliphatic heterocycles. The lowest BCUT2D eigenvalue weighted by Gasteiger charge is -2.25. The molecule has 0 aromatic heterocycles. The number of aryl methyl sites for hydroxylation is 1. The standard InChI is InChI=1S/C21H28FNO3/c1-17-6-3-4-7-21(17)26-16-20(24)15-23(12-5-13-25-2)14-18-8-10-19(22)11-9-18/h3-4,6-11,20,24H,5,12-16H2,1-2H3. The third-order valence-electron chi connectivity index (χ3n) is 4.14. The van der Waals surface area contributed by atoms with Crippen LogP contribution >= 0.6 is 0 Å². The van der Waals surface area contributed by atoms with Gasteiger partial charge >= 0.3 is 0 Å². The Hall–Kier alpha value is -1.95. The quantitative estimate of drug-likeness (QED) is 0.623. The molecule has 0 saturated carbocycles. The summed E-state index contributed by atoms with van der Waals surface area (Å²) in [5.41, 5.74) is 2.05. The van der Waals surface area contributed by atoms with Crippen LogP contribution in [-0.2, 0) is 11.3 Å². The molecule has 0 saturated heterocycles. The molecular weight excluding hydrogens is 333 g/mol. The van der Waals surface area contributed by atoms with E-state index >= 15 is 0 Å². The van der Waals surface area contributed by atoms with Gasteiger partial charge in [0.1, 0.15) is 24.3 Å². The Bertz CT molecular complexity index is 648. The first-order chi connectivity index (χ1) is 12.6. The lowest BCUT2D eigenvalue weighted by atomic mass is 10.2. The molecule has 2 aromatic rings. The van der Waals surface area contributed by atoms with Crippen molar-refractivity contribution in [3.05, 3.63) is 65.5 Å². The van der Waals surface area contributed by atoms with E-state index in [0.29, 0.717) is 19.7 Å². The zero-order valence-electron chi connectivity index (χ0n) is 15.5. The van der Waals surface area contributed by atoms with Crippen LogP contribution in [0.25, 0.3) is 0 Å². The number of para-hydroxylation sites is 1. The van der Waals surface area contributed by atoms with Crippen molar-refractivity contribution in [1.82, 2.24) is 4.90 Å². The van der Waals surface area contributed by atoms with E-state index < -0.39 is 6.10 Å². The Morgan fingerprint density at radius 2 is 1.85 bits per heavy atom. The first kappa shape index (κ1) is 20.4. The minimum absolute atomic E-state index is 0.231. The molecule has 0 heterocycles. The molecule has 4 nitrogen and oxygen atoms in total. The van der Waals surface area contributed by atoms with Gasteiger partial charge in [0, 0.05) is 33.4 Å². The maximum absolute atomic E-state index is 13.1. The molecule has 0 aliphatic rings. The van der Waals surface area contributed by atoms with Crippen LogP contribution in [0.15, 0.2) is 48.5 Å². The number of ether oxygens (including phenoxy) is 2. The Labute approximate surface area is 155 Å². The smallest absolute Gasteiger partial charge is 0.123 e. The summed E-state index contributed by atoms with van der Waals surface area (Å²) in [5, 5.41) is 10.4. The fourth-order valence-electron chi connectivity index (χ4n) is 2.77. The molecule has 1 unspecified atom stereocenters. The summed E-state index contributed by atoms with van der Waals surface area (Å²) in [6.45, 7) is 4.78. The van der Waals surface area contributed by atoms with Crippen molar-refractivity contribution in [3.8, 4) is 5.75 Å². The van der Waals surface area contributed by atoms with E-state index in [9.17, 15) is 9.50 Å². The highest BCUT2D eigenvalue weighted by Gasteiger charge is 2.14. The van der Waals surface area contributed by atoms with Crippen LogP contribution in [0.2, 0.25) is 0 Å². The first-order valence-corrected chi connectivity index (χ1v) is 8.90. The van der Waals surface area contributed by atoms with Crippen molar-refractivity contribution in [1.29, 1.82) is 0 Å².